The van der Waals surface area contributed by atoms with Crippen LogP contribution >= 0.6 is 11.3 Å². The Kier molecular flexibility index (Phi) is 5.03. The van der Waals surface area contributed by atoms with Gasteiger partial charge in [0.05, 0.1) is 5.69 Å². The zero-order valence-corrected chi connectivity index (χ0v) is 12.8. The molecule has 21 heavy (non-hydrogen) atoms. The first-order valence-electron chi connectivity index (χ1n) is 6.74. The van der Waals surface area contributed by atoms with Gasteiger partial charge in [-0.05, 0) is 44.5 Å². The molecule has 3 N–H and O–H groups in total. The van der Waals surface area contributed by atoms with E-state index >= 15 is 0 Å². The molecule has 1 aromatic carbocycles. The van der Waals surface area contributed by atoms with Gasteiger partial charge in [0.15, 0.2) is 5.13 Å². The van der Waals surface area contributed by atoms with Crippen LogP contribution in [0.4, 0.5) is 9.52 Å². The summed E-state index contributed by atoms with van der Waals surface area (Å²) in [6, 6.07) is 6.16. The quantitative estimate of drug-likeness (QED) is 0.890. The van der Waals surface area contributed by atoms with Crippen LogP contribution in [0.25, 0.3) is 11.3 Å². The maximum Gasteiger partial charge on any atom is 0.226 e. The molecule has 4 nitrogen and oxygen atoms in total. The second-order valence-corrected chi connectivity index (χ2v) is 6.20. The molecule has 2 aromatic rings. The van der Waals surface area contributed by atoms with E-state index in [2.05, 4.69) is 10.3 Å². The predicted octanol–water partition coefficient (Wildman–Crippen LogP) is 3.32. The van der Waals surface area contributed by atoms with Crippen molar-refractivity contribution < 1.29 is 9.18 Å². The van der Waals surface area contributed by atoms with Gasteiger partial charge in [-0.15, -0.1) is 11.3 Å². The third-order valence-corrected chi connectivity index (χ3v) is 3.87. The van der Waals surface area contributed by atoms with Crippen molar-refractivity contribution in [3.05, 3.63) is 35.0 Å². The Bertz CT molecular complexity index is 622. The number of nitrogens with one attached hydrogen (secondary N) is 1. The number of benzene rings is 1. The Morgan fingerprint density at radius 1 is 1.43 bits per heavy atom. The summed E-state index contributed by atoms with van der Waals surface area (Å²) in [6.45, 7) is 3.79. The van der Waals surface area contributed by atoms with Crippen molar-refractivity contribution in [3.8, 4) is 11.3 Å². The number of thiazole rings is 1. The number of carbonyl (C=O) groups is 1. The van der Waals surface area contributed by atoms with E-state index in [0.29, 0.717) is 18.0 Å². The fourth-order valence-electron chi connectivity index (χ4n) is 1.87. The SMILES string of the molecule is Cc1sc(NC(=O)CCC(C)N)nc1-c1ccc(F)cc1. The molecule has 1 atom stereocenters. The maximum absolute atomic E-state index is 12.9. The molecule has 0 spiro atoms. The Morgan fingerprint density at radius 3 is 2.71 bits per heavy atom. The van der Waals surface area contributed by atoms with Gasteiger partial charge < -0.3 is 11.1 Å². The lowest BCUT2D eigenvalue weighted by Crippen LogP contribution is -2.19. The monoisotopic (exact) mass is 307 g/mol. The van der Waals surface area contributed by atoms with Gasteiger partial charge in [0.1, 0.15) is 5.82 Å². The van der Waals surface area contributed by atoms with Crippen molar-refractivity contribution >= 4 is 22.4 Å². The van der Waals surface area contributed by atoms with Crippen LogP contribution in [0.2, 0.25) is 0 Å². The molecule has 0 saturated heterocycles. The molecule has 0 fully saturated rings. The lowest BCUT2D eigenvalue weighted by atomic mass is 10.1. The van der Waals surface area contributed by atoms with Crippen molar-refractivity contribution in [1.29, 1.82) is 0 Å². The van der Waals surface area contributed by atoms with Gasteiger partial charge in [-0.1, -0.05) is 0 Å². The van der Waals surface area contributed by atoms with Gasteiger partial charge in [0.2, 0.25) is 5.91 Å². The zero-order chi connectivity index (χ0) is 15.4. The average molecular weight is 307 g/mol. The summed E-state index contributed by atoms with van der Waals surface area (Å²) in [4.78, 5) is 17.2. The molecule has 0 aliphatic rings. The average Bonchev–Trinajstić information content (AvgIpc) is 2.78. The lowest BCUT2D eigenvalue weighted by Gasteiger charge is -2.04. The Labute approximate surface area is 127 Å². The Hall–Kier alpha value is -1.79. The Balaban J connectivity index is 2.08. The Morgan fingerprint density at radius 2 is 2.10 bits per heavy atom. The summed E-state index contributed by atoms with van der Waals surface area (Å²) in [7, 11) is 0. The van der Waals surface area contributed by atoms with Crippen LogP contribution in [0.1, 0.15) is 24.6 Å². The number of aryl methyl sites for hydroxylation is 1. The first kappa shape index (κ1) is 15.6. The van der Waals surface area contributed by atoms with Crippen molar-refractivity contribution in [1.82, 2.24) is 4.98 Å². The normalized spacial score (nSPS) is 12.2. The third kappa shape index (κ3) is 4.34. The molecule has 0 radical (unpaired) electrons. The first-order chi connectivity index (χ1) is 9.95. The molecule has 112 valence electrons. The largest absolute Gasteiger partial charge is 0.328 e. The van der Waals surface area contributed by atoms with Gasteiger partial charge in [-0.2, -0.15) is 0 Å². The molecule has 2 rings (SSSR count). The predicted molar refractivity (Wildman–Crippen MR) is 83.8 cm³/mol. The number of rotatable bonds is 5. The number of aromatic nitrogens is 1. The standard InChI is InChI=1S/C15H18FN3OS/c1-9(17)3-8-13(20)18-15-19-14(10(2)21-15)11-4-6-12(16)7-5-11/h4-7,9H,3,8,17H2,1-2H3,(H,18,19,20). The van der Waals surface area contributed by atoms with Gasteiger partial charge in [0, 0.05) is 22.9 Å². The summed E-state index contributed by atoms with van der Waals surface area (Å²) < 4.78 is 12.9. The minimum atomic E-state index is -0.281. The summed E-state index contributed by atoms with van der Waals surface area (Å²) >= 11 is 1.41. The second kappa shape index (κ2) is 6.78. The minimum absolute atomic E-state index is 0.00329. The van der Waals surface area contributed by atoms with Crippen molar-refractivity contribution in [3.63, 3.8) is 0 Å². The summed E-state index contributed by atoms with van der Waals surface area (Å²) in [5.41, 5.74) is 7.23. The molecule has 0 saturated carbocycles. The molecular weight excluding hydrogens is 289 g/mol. The number of hydrogen-bond acceptors (Lipinski definition) is 4. The van der Waals surface area contributed by atoms with Crippen LogP contribution in [-0.2, 0) is 4.79 Å². The highest BCUT2D eigenvalue weighted by molar-refractivity contribution is 7.16. The van der Waals surface area contributed by atoms with Crippen LogP contribution in [0.5, 0.6) is 0 Å². The van der Waals surface area contributed by atoms with E-state index < -0.39 is 0 Å². The van der Waals surface area contributed by atoms with Gasteiger partial charge >= 0.3 is 0 Å². The van der Waals surface area contributed by atoms with Crippen molar-refractivity contribution in [2.75, 3.05) is 5.32 Å². The molecule has 1 aromatic heterocycles. The second-order valence-electron chi connectivity index (χ2n) is 4.99. The molecular formula is C15H18FN3OS. The number of nitrogens with two attached hydrogens (primary N) is 1. The molecule has 1 heterocycles. The van der Waals surface area contributed by atoms with Gasteiger partial charge in [0.25, 0.3) is 0 Å². The van der Waals surface area contributed by atoms with E-state index in [1.54, 1.807) is 12.1 Å². The van der Waals surface area contributed by atoms with Crippen LogP contribution in [0, 0.1) is 12.7 Å². The third-order valence-electron chi connectivity index (χ3n) is 2.99. The molecule has 0 aliphatic heterocycles. The van der Waals surface area contributed by atoms with Gasteiger partial charge in [-0.3, -0.25) is 4.79 Å². The van der Waals surface area contributed by atoms with E-state index in [4.69, 9.17) is 5.73 Å². The molecule has 0 aliphatic carbocycles. The minimum Gasteiger partial charge on any atom is -0.328 e. The van der Waals surface area contributed by atoms with Crippen molar-refractivity contribution in [2.45, 2.75) is 32.7 Å². The number of hydrogen-bond donors (Lipinski definition) is 2. The van der Waals surface area contributed by atoms with E-state index in [-0.39, 0.29) is 17.8 Å². The number of anilines is 1. The maximum atomic E-state index is 12.9. The highest BCUT2D eigenvalue weighted by atomic mass is 32.1. The summed E-state index contributed by atoms with van der Waals surface area (Å²) in [5, 5.41) is 3.34. The summed E-state index contributed by atoms with van der Waals surface area (Å²) in [5.74, 6) is -0.372. The lowest BCUT2D eigenvalue weighted by molar-refractivity contribution is -0.116. The van der Waals surface area contributed by atoms with Crippen molar-refractivity contribution in [2.24, 2.45) is 5.73 Å². The number of amides is 1. The van der Waals surface area contributed by atoms with Crippen LogP contribution in [-0.4, -0.2) is 16.9 Å². The highest BCUT2D eigenvalue weighted by Gasteiger charge is 2.12. The zero-order valence-electron chi connectivity index (χ0n) is 12.0. The topological polar surface area (TPSA) is 68.0 Å². The smallest absolute Gasteiger partial charge is 0.226 e. The van der Waals surface area contributed by atoms with Gasteiger partial charge in [-0.25, -0.2) is 9.37 Å². The molecule has 1 amide bonds. The van der Waals surface area contributed by atoms with E-state index in [0.717, 1.165) is 16.1 Å². The van der Waals surface area contributed by atoms with E-state index in [1.165, 1.54) is 23.5 Å². The van der Waals surface area contributed by atoms with Crippen LogP contribution in [0.15, 0.2) is 24.3 Å². The van der Waals surface area contributed by atoms with Crippen LogP contribution in [0.3, 0.4) is 0 Å². The first-order valence-corrected chi connectivity index (χ1v) is 7.56. The number of carbonyl (C=O) groups excluding carboxylic acids is 1. The number of halogens is 1. The molecule has 1 unspecified atom stereocenters. The molecule has 6 heteroatoms. The number of nitrogens with zero attached hydrogens (tertiary/aromatic N) is 1. The van der Waals surface area contributed by atoms with Crippen LogP contribution < -0.4 is 11.1 Å². The summed E-state index contributed by atoms with van der Waals surface area (Å²) in [6.07, 6.45) is 1.02. The molecule has 0 bridgehead atoms. The van der Waals surface area contributed by atoms with E-state index in [1.807, 2.05) is 13.8 Å². The fraction of sp³-hybridized carbons (Fsp3) is 0.333. The highest BCUT2D eigenvalue weighted by Crippen LogP contribution is 2.30. The fourth-order valence-corrected chi connectivity index (χ4v) is 2.72. The van der Waals surface area contributed by atoms with E-state index in [9.17, 15) is 9.18 Å².